The lowest BCUT2D eigenvalue weighted by molar-refractivity contribution is -0.128. The van der Waals surface area contributed by atoms with Crippen LogP contribution < -0.4 is 0 Å². The van der Waals surface area contributed by atoms with Crippen molar-refractivity contribution in [2.75, 3.05) is 26.4 Å². The number of carbonyl (C=O) groups excluding carboxylic acids is 1. The minimum absolute atomic E-state index is 0.0214. The number of hydrogen-bond acceptors (Lipinski definition) is 5. The van der Waals surface area contributed by atoms with Gasteiger partial charge in [0.25, 0.3) is 0 Å². The van der Waals surface area contributed by atoms with E-state index in [4.69, 9.17) is 0 Å². The van der Waals surface area contributed by atoms with Gasteiger partial charge in [-0.25, -0.2) is 17.7 Å². The molecule has 0 aliphatic carbocycles. The summed E-state index contributed by atoms with van der Waals surface area (Å²) in [5.41, 5.74) is 1.09. The number of sulfonamides is 1. The lowest BCUT2D eigenvalue weighted by Crippen LogP contribution is -2.31. The van der Waals surface area contributed by atoms with Crippen LogP contribution in [0.3, 0.4) is 0 Å². The number of aromatic nitrogens is 1. The van der Waals surface area contributed by atoms with Gasteiger partial charge in [-0.15, -0.1) is 0 Å². The maximum Gasteiger partial charge on any atom is 0.244 e. The SMILES string of the molecule is CCN(Cc1ccccc1)C(=O)CSc1ccc(S(=O)(=O)N(C)C)cn1. The second-order valence-corrected chi connectivity index (χ2v) is 8.95. The van der Waals surface area contributed by atoms with E-state index in [1.807, 2.05) is 37.3 Å². The molecule has 0 saturated carbocycles. The second kappa shape index (κ2) is 9.16. The fraction of sp³-hybridized carbons (Fsp3) is 0.333. The summed E-state index contributed by atoms with van der Waals surface area (Å²) in [4.78, 5) is 18.5. The maximum atomic E-state index is 12.4. The predicted molar refractivity (Wildman–Crippen MR) is 103 cm³/mol. The Bertz CT molecular complexity index is 823. The van der Waals surface area contributed by atoms with Crippen LogP contribution in [0.2, 0.25) is 0 Å². The van der Waals surface area contributed by atoms with Crippen molar-refractivity contribution in [2.24, 2.45) is 0 Å². The molecule has 1 amide bonds. The van der Waals surface area contributed by atoms with Gasteiger partial charge in [-0.05, 0) is 24.6 Å². The van der Waals surface area contributed by atoms with Crippen molar-refractivity contribution in [1.29, 1.82) is 0 Å². The molecule has 8 heteroatoms. The Hall–Kier alpha value is -1.90. The summed E-state index contributed by atoms with van der Waals surface area (Å²) < 4.78 is 25.2. The number of nitrogens with zero attached hydrogens (tertiary/aromatic N) is 3. The van der Waals surface area contributed by atoms with Gasteiger partial charge >= 0.3 is 0 Å². The van der Waals surface area contributed by atoms with Crippen LogP contribution in [0.15, 0.2) is 58.6 Å². The second-order valence-electron chi connectivity index (χ2n) is 5.80. The molecule has 0 atom stereocenters. The molecule has 2 aromatic rings. The molecule has 0 spiro atoms. The van der Waals surface area contributed by atoms with Gasteiger partial charge in [0.05, 0.1) is 10.8 Å². The number of thioether (sulfide) groups is 1. The lowest BCUT2D eigenvalue weighted by Gasteiger charge is -2.20. The normalized spacial score (nSPS) is 11.5. The minimum Gasteiger partial charge on any atom is -0.338 e. The zero-order valence-corrected chi connectivity index (χ0v) is 16.8. The van der Waals surface area contributed by atoms with Crippen LogP contribution in [0.5, 0.6) is 0 Å². The highest BCUT2D eigenvalue weighted by atomic mass is 32.2. The molecule has 0 aliphatic rings. The van der Waals surface area contributed by atoms with E-state index in [2.05, 4.69) is 4.98 Å². The Labute approximate surface area is 159 Å². The van der Waals surface area contributed by atoms with Crippen LogP contribution >= 0.6 is 11.8 Å². The van der Waals surface area contributed by atoms with Crippen LogP contribution in [0.1, 0.15) is 12.5 Å². The van der Waals surface area contributed by atoms with Gasteiger partial charge in [0.2, 0.25) is 15.9 Å². The first-order valence-electron chi connectivity index (χ1n) is 8.17. The van der Waals surface area contributed by atoms with Gasteiger partial charge in [0, 0.05) is 33.4 Å². The summed E-state index contributed by atoms with van der Waals surface area (Å²) in [6.07, 6.45) is 1.32. The summed E-state index contributed by atoms with van der Waals surface area (Å²) >= 11 is 1.30. The molecule has 1 heterocycles. The smallest absolute Gasteiger partial charge is 0.244 e. The van der Waals surface area contributed by atoms with Crippen molar-refractivity contribution in [3.63, 3.8) is 0 Å². The van der Waals surface area contributed by atoms with E-state index in [9.17, 15) is 13.2 Å². The quantitative estimate of drug-likeness (QED) is 0.645. The number of rotatable bonds is 8. The van der Waals surface area contributed by atoms with Crippen LogP contribution in [-0.4, -0.2) is 54.9 Å². The summed E-state index contributed by atoms with van der Waals surface area (Å²) in [6, 6.07) is 13.0. The van der Waals surface area contributed by atoms with E-state index >= 15 is 0 Å². The van der Waals surface area contributed by atoms with Gasteiger partial charge in [-0.3, -0.25) is 4.79 Å². The van der Waals surface area contributed by atoms with Gasteiger partial charge in [-0.1, -0.05) is 42.1 Å². The average Bonchev–Trinajstić information content (AvgIpc) is 2.65. The monoisotopic (exact) mass is 393 g/mol. The number of hydrogen-bond donors (Lipinski definition) is 0. The summed E-state index contributed by atoms with van der Waals surface area (Å²) in [7, 11) is -0.541. The summed E-state index contributed by atoms with van der Waals surface area (Å²) in [5, 5.41) is 0.617. The van der Waals surface area contributed by atoms with Crippen LogP contribution in [0.25, 0.3) is 0 Å². The zero-order valence-electron chi connectivity index (χ0n) is 15.1. The molecular formula is C18H23N3O3S2. The topological polar surface area (TPSA) is 70.6 Å². The van der Waals surface area contributed by atoms with Crippen LogP contribution in [0, 0.1) is 0 Å². The van der Waals surface area contributed by atoms with E-state index in [-0.39, 0.29) is 16.6 Å². The van der Waals surface area contributed by atoms with E-state index < -0.39 is 10.0 Å². The molecule has 1 aromatic carbocycles. The largest absolute Gasteiger partial charge is 0.338 e. The van der Waals surface area contributed by atoms with Crippen molar-refractivity contribution in [3.8, 4) is 0 Å². The number of pyridine rings is 1. The van der Waals surface area contributed by atoms with E-state index in [1.165, 1.54) is 38.1 Å². The highest BCUT2D eigenvalue weighted by molar-refractivity contribution is 7.99. The van der Waals surface area contributed by atoms with Gasteiger partial charge < -0.3 is 4.90 Å². The van der Waals surface area contributed by atoms with Crippen molar-refractivity contribution in [3.05, 3.63) is 54.2 Å². The summed E-state index contributed by atoms with van der Waals surface area (Å²) in [5.74, 6) is 0.279. The molecule has 26 heavy (non-hydrogen) atoms. The third-order valence-electron chi connectivity index (χ3n) is 3.78. The molecule has 0 unspecified atom stereocenters. The molecule has 0 bridgehead atoms. The van der Waals surface area contributed by atoms with Crippen molar-refractivity contribution >= 4 is 27.7 Å². The van der Waals surface area contributed by atoms with Gasteiger partial charge in [0.1, 0.15) is 4.90 Å². The third kappa shape index (κ3) is 5.30. The Morgan fingerprint density at radius 3 is 2.35 bits per heavy atom. The number of amides is 1. The first kappa shape index (κ1) is 20.4. The fourth-order valence-corrected chi connectivity index (χ4v) is 3.82. The number of benzene rings is 1. The van der Waals surface area contributed by atoms with Gasteiger partial charge in [0.15, 0.2) is 0 Å². The molecule has 6 nitrogen and oxygen atoms in total. The molecule has 0 radical (unpaired) electrons. The van der Waals surface area contributed by atoms with E-state index in [0.29, 0.717) is 18.1 Å². The Morgan fingerprint density at radius 2 is 1.81 bits per heavy atom. The zero-order chi connectivity index (χ0) is 19.2. The predicted octanol–water partition coefficient (Wildman–Crippen LogP) is 2.47. The van der Waals surface area contributed by atoms with Crippen molar-refractivity contribution < 1.29 is 13.2 Å². The molecule has 0 N–H and O–H groups in total. The first-order chi connectivity index (χ1) is 12.3. The molecule has 0 saturated heterocycles. The fourth-order valence-electron chi connectivity index (χ4n) is 2.22. The standard InChI is InChI=1S/C18H23N3O3S2/c1-4-21(13-15-8-6-5-7-9-15)18(22)14-25-17-11-10-16(12-19-17)26(23,24)20(2)3/h5-12H,4,13-14H2,1-3H3. The molecule has 140 valence electrons. The Balaban J connectivity index is 1.96. The van der Waals surface area contributed by atoms with E-state index in [1.54, 1.807) is 11.0 Å². The summed E-state index contributed by atoms with van der Waals surface area (Å²) in [6.45, 7) is 3.15. The van der Waals surface area contributed by atoms with E-state index in [0.717, 1.165) is 9.87 Å². The highest BCUT2D eigenvalue weighted by Crippen LogP contribution is 2.19. The third-order valence-corrected chi connectivity index (χ3v) is 6.51. The first-order valence-corrected chi connectivity index (χ1v) is 10.6. The highest BCUT2D eigenvalue weighted by Gasteiger charge is 2.18. The van der Waals surface area contributed by atoms with Crippen molar-refractivity contribution in [1.82, 2.24) is 14.2 Å². The molecule has 2 rings (SSSR count). The average molecular weight is 394 g/mol. The Morgan fingerprint density at radius 1 is 1.12 bits per heavy atom. The Kier molecular flexibility index (Phi) is 7.19. The molecule has 0 aliphatic heterocycles. The van der Waals surface area contributed by atoms with Gasteiger partial charge in [-0.2, -0.15) is 0 Å². The molecule has 0 fully saturated rings. The lowest BCUT2D eigenvalue weighted by atomic mass is 10.2. The number of carbonyl (C=O) groups is 1. The molecular weight excluding hydrogens is 370 g/mol. The minimum atomic E-state index is -3.49. The maximum absolute atomic E-state index is 12.4. The van der Waals surface area contributed by atoms with Crippen molar-refractivity contribution in [2.45, 2.75) is 23.4 Å². The molecule has 1 aromatic heterocycles. The van der Waals surface area contributed by atoms with Crippen LogP contribution in [-0.2, 0) is 21.4 Å². The van der Waals surface area contributed by atoms with Crippen LogP contribution in [0.4, 0.5) is 0 Å².